The first-order valence-corrected chi connectivity index (χ1v) is 3.59. The van der Waals surface area contributed by atoms with Crippen LogP contribution >= 0.6 is 0 Å². The summed E-state index contributed by atoms with van der Waals surface area (Å²) in [6.45, 7) is 0. The molecule has 1 fully saturated rings. The van der Waals surface area contributed by atoms with E-state index in [4.69, 9.17) is 0 Å². The van der Waals surface area contributed by atoms with Crippen molar-refractivity contribution in [1.29, 1.82) is 0 Å². The Bertz CT molecular complexity index is 179. The third-order valence-electron chi connectivity index (χ3n) is 2.34. The van der Waals surface area contributed by atoms with Crippen LogP contribution in [0, 0.1) is 5.92 Å². The predicted molar refractivity (Wildman–Crippen MR) is 35.0 cm³/mol. The van der Waals surface area contributed by atoms with Gasteiger partial charge < -0.3 is 0 Å². The SMILES string of the molecule is O=C1C=C2CCCC2C1. The highest BCUT2D eigenvalue weighted by Gasteiger charge is 2.28. The van der Waals surface area contributed by atoms with E-state index in [-0.39, 0.29) is 0 Å². The van der Waals surface area contributed by atoms with Gasteiger partial charge in [-0.05, 0) is 31.3 Å². The second-order valence-corrected chi connectivity index (χ2v) is 2.98. The van der Waals surface area contributed by atoms with Crippen LogP contribution in [0.1, 0.15) is 25.7 Å². The van der Waals surface area contributed by atoms with Crippen molar-refractivity contribution in [3.63, 3.8) is 0 Å². The van der Waals surface area contributed by atoms with Crippen LogP contribution in [0.2, 0.25) is 0 Å². The largest absolute Gasteiger partial charge is 0.295 e. The molecule has 0 aromatic heterocycles. The zero-order valence-electron chi connectivity index (χ0n) is 5.39. The molecule has 0 aliphatic heterocycles. The highest BCUT2D eigenvalue weighted by molar-refractivity contribution is 5.93. The van der Waals surface area contributed by atoms with Crippen LogP contribution in [0.3, 0.4) is 0 Å². The van der Waals surface area contributed by atoms with E-state index in [2.05, 4.69) is 0 Å². The molecule has 0 saturated heterocycles. The summed E-state index contributed by atoms with van der Waals surface area (Å²) in [5.41, 5.74) is 1.43. The number of ketones is 1. The molecule has 2 aliphatic carbocycles. The molecule has 48 valence electrons. The Morgan fingerprint density at radius 1 is 1.56 bits per heavy atom. The average Bonchev–Trinajstić information content (AvgIpc) is 2.22. The van der Waals surface area contributed by atoms with E-state index in [1.54, 1.807) is 0 Å². The van der Waals surface area contributed by atoms with Crippen molar-refractivity contribution in [2.45, 2.75) is 25.7 Å². The van der Waals surface area contributed by atoms with Gasteiger partial charge in [0.2, 0.25) is 0 Å². The van der Waals surface area contributed by atoms with E-state index < -0.39 is 0 Å². The van der Waals surface area contributed by atoms with E-state index in [1.807, 2.05) is 6.08 Å². The fourth-order valence-corrected chi connectivity index (χ4v) is 1.87. The van der Waals surface area contributed by atoms with Gasteiger partial charge >= 0.3 is 0 Å². The van der Waals surface area contributed by atoms with E-state index in [1.165, 1.54) is 24.8 Å². The number of carbonyl (C=O) groups excluding carboxylic acids is 1. The summed E-state index contributed by atoms with van der Waals surface area (Å²) in [4.78, 5) is 10.8. The van der Waals surface area contributed by atoms with Crippen LogP contribution in [0.4, 0.5) is 0 Å². The van der Waals surface area contributed by atoms with Crippen LogP contribution in [-0.4, -0.2) is 5.78 Å². The number of carbonyl (C=O) groups is 1. The minimum atomic E-state index is 0.356. The first-order valence-electron chi connectivity index (χ1n) is 3.59. The molecule has 0 aromatic carbocycles. The van der Waals surface area contributed by atoms with E-state index >= 15 is 0 Å². The van der Waals surface area contributed by atoms with Gasteiger partial charge in [0, 0.05) is 6.42 Å². The summed E-state index contributed by atoms with van der Waals surface area (Å²) in [5, 5.41) is 0. The Balaban J connectivity index is 2.27. The van der Waals surface area contributed by atoms with Crippen LogP contribution in [-0.2, 0) is 4.79 Å². The van der Waals surface area contributed by atoms with Crippen molar-refractivity contribution in [1.82, 2.24) is 0 Å². The van der Waals surface area contributed by atoms with Gasteiger partial charge in [0.15, 0.2) is 5.78 Å². The van der Waals surface area contributed by atoms with Gasteiger partial charge in [-0.25, -0.2) is 0 Å². The Labute approximate surface area is 54.8 Å². The van der Waals surface area contributed by atoms with Crippen molar-refractivity contribution >= 4 is 5.78 Å². The Hall–Kier alpha value is -0.590. The second-order valence-electron chi connectivity index (χ2n) is 2.98. The van der Waals surface area contributed by atoms with Crippen LogP contribution in [0.5, 0.6) is 0 Å². The van der Waals surface area contributed by atoms with Gasteiger partial charge in [-0.15, -0.1) is 0 Å². The molecule has 1 saturated carbocycles. The molecule has 2 rings (SSSR count). The molecule has 0 bridgehead atoms. The lowest BCUT2D eigenvalue weighted by atomic mass is 10.1. The maximum absolute atomic E-state index is 10.8. The van der Waals surface area contributed by atoms with Crippen molar-refractivity contribution in [2.24, 2.45) is 5.92 Å². The minimum Gasteiger partial charge on any atom is -0.295 e. The number of fused-ring (bicyclic) bond motifs is 1. The molecule has 0 N–H and O–H groups in total. The van der Waals surface area contributed by atoms with Gasteiger partial charge in [-0.3, -0.25) is 4.79 Å². The Morgan fingerprint density at radius 2 is 2.44 bits per heavy atom. The predicted octanol–water partition coefficient (Wildman–Crippen LogP) is 1.69. The van der Waals surface area contributed by atoms with Gasteiger partial charge in [0.25, 0.3) is 0 Å². The van der Waals surface area contributed by atoms with E-state index in [0.717, 1.165) is 6.42 Å². The number of hydrogen-bond acceptors (Lipinski definition) is 1. The molecule has 0 amide bonds. The fraction of sp³-hybridized carbons (Fsp3) is 0.625. The second kappa shape index (κ2) is 1.69. The number of rotatable bonds is 0. The molecule has 0 heterocycles. The Kier molecular flexibility index (Phi) is 0.981. The first kappa shape index (κ1) is 5.21. The van der Waals surface area contributed by atoms with Gasteiger partial charge in [-0.1, -0.05) is 5.57 Å². The lowest BCUT2D eigenvalue weighted by molar-refractivity contribution is -0.114. The zero-order chi connectivity index (χ0) is 6.27. The normalized spacial score (nSPS) is 32.7. The molecule has 1 unspecified atom stereocenters. The molecule has 1 atom stereocenters. The first-order chi connectivity index (χ1) is 4.36. The summed E-state index contributed by atoms with van der Waals surface area (Å²) in [5.74, 6) is 1.02. The molecule has 0 spiro atoms. The molecular weight excluding hydrogens is 112 g/mol. The van der Waals surface area contributed by atoms with Gasteiger partial charge in [-0.2, -0.15) is 0 Å². The quantitative estimate of drug-likeness (QED) is 0.477. The summed E-state index contributed by atoms with van der Waals surface area (Å²) in [6.07, 6.45) is 6.44. The molecule has 9 heavy (non-hydrogen) atoms. The highest BCUT2D eigenvalue weighted by Crippen LogP contribution is 2.37. The lowest BCUT2D eigenvalue weighted by Crippen LogP contribution is -1.93. The van der Waals surface area contributed by atoms with Crippen molar-refractivity contribution in [3.8, 4) is 0 Å². The summed E-state index contributed by atoms with van der Waals surface area (Å²) in [7, 11) is 0. The van der Waals surface area contributed by atoms with Gasteiger partial charge in [0.1, 0.15) is 0 Å². The molecular formula is C8H10O. The molecule has 0 aromatic rings. The van der Waals surface area contributed by atoms with E-state index in [0.29, 0.717) is 11.7 Å². The van der Waals surface area contributed by atoms with Crippen molar-refractivity contribution < 1.29 is 4.79 Å². The molecule has 0 radical (unpaired) electrons. The van der Waals surface area contributed by atoms with Crippen LogP contribution < -0.4 is 0 Å². The third kappa shape index (κ3) is 0.716. The molecule has 1 heteroatoms. The lowest BCUT2D eigenvalue weighted by Gasteiger charge is -1.97. The van der Waals surface area contributed by atoms with Crippen molar-refractivity contribution in [3.05, 3.63) is 11.6 Å². The average molecular weight is 122 g/mol. The molecule has 2 aliphatic rings. The maximum Gasteiger partial charge on any atom is 0.156 e. The highest BCUT2D eigenvalue weighted by atomic mass is 16.1. The van der Waals surface area contributed by atoms with Crippen LogP contribution in [0.25, 0.3) is 0 Å². The number of hydrogen-bond donors (Lipinski definition) is 0. The smallest absolute Gasteiger partial charge is 0.156 e. The fourth-order valence-electron chi connectivity index (χ4n) is 1.87. The Morgan fingerprint density at radius 3 is 3.22 bits per heavy atom. The van der Waals surface area contributed by atoms with Crippen molar-refractivity contribution in [2.75, 3.05) is 0 Å². The van der Waals surface area contributed by atoms with Crippen LogP contribution in [0.15, 0.2) is 11.6 Å². The number of allylic oxidation sites excluding steroid dienone is 2. The minimum absolute atomic E-state index is 0.356. The van der Waals surface area contributed by atoms with E-state index in [9.17, 15) is 4.79 Å². The topological polar surface area (TPSA) is 17.1 Å². The summed E-state index contributed by atoms with van der Waals surface area (Å²) >= 11 is 0. The standard InChI is InChI=1S/C8H10O/c9-8-4-6-2-1-3-7(6)5-8/h4,7H,1-3,5H2. The molecule has 1 nitrogen and oxygen atoms in total. The zero-order valence-corrected chi connectivity index (χ0v) is 5.39. The van der Waals surface area contributed by atoms with Gasteiger partial charge in [0.05, 0.1) is 0 Å². The summed E-state index contributed by atoms with van der Waals surface area (Å²) < 4.78 is 0. The summed E-state index contributed by atoms with van der Waals surface area (Å²) in [6, 6.07) is 0. The maximum atomic E-state index is 10.8. The monoisotopic (exact) mass is 122 g/mol. The third-order valence-corrected chi connectivity index (χ3v) is 2.34.